The molecule has 0 radical (unpaired) electrons. The zero-order valence-electron chi connectivity index (χ0n) is 9.65. The van der Waals surface area contributed by atoms with Crippen molar-refractivity contribution in [3.05, 3.63) is 54.6 Å². The van der Waals surface area contributed by atoms with Gasteiger partial charge in [0.2, 0.25) is 0 Å². The Morgan fingerprint density at radius 1 is 1.25 bits per heavy atom. The van der Waals surface area contributed by atoms with Crippen LogP contribution in [0.3, 0.4) is 0 Å². The van der Waals surface area contributed by atoms with Crippen molar-refractivity contribution in [2.45, 2.75) is 6.92 Å². The fraction of sp³-hybridized carbons (Fsp3) is 0.214. The third kappa shape index (κ3) is 2.83. The number of rotatable bonds is 6. The quantitative estimate of drug-likeness (QED) is 0.537. The van der Waals surface area contributed by atoms with E-state index in [0.717, 1.165) is 36.2 Å². The molecule has 0 heterocycles. The molecule has 0 unspecified atom stereocenters. The highest BCUT2D eigenvalue weighted by atomic mass is 16.1. The van der Waals surface area contributed by atoms with Gasteiger partial charge in [0.25, 0.3) is 0 Å². The summed E-state index contributed by atoms with van der Waals surface area (Å²) in [6, 6.07) is 5.80. The van der Waals surface area contributed by atoms with Crippen LogP contribution in [0.1, 0.15) is 15.9 Å². The lowest BCUT2D eigenvalue weighted by Crippen LogP contribution is -2.23. The molecule has 0 amide bonds. The second kappa shape index (κ2) is 5.91. The number of carbonyl (C=O) groups excluding carboxylic acids is 1. The maximum absolute atomic E-state index is 10.7. The number of carbonyl (C=O) groups is 1. The molecule has 2 nitrogen and oxygen atoms in total. The Hall–Kier alpha value is -1.83. The lowest BCUT2D eigenvalue weighted by Gasteiger charge is -2.22. The van der Waals surface area contributed by atoms with Gasteiger partial charge in [-0.05, 0) is 30.7 Å². The summed E-state index contributed by atoms with van der Waals surface area (Å²) in [6.07, 6.45) is 4.59. The highest BCUT2D eigenvalue weighted by Crippen LogP contribution is 2.18. The Bertz CT molecular complexity index is 386. The van der Waals surface area contributed by atoms with E-state index in [-0.39, 0.29) is 0 Å². The number of nitrogens with zero attached hydrogens (tertiary/aromatic N) is 1. The third-order valence-corrected chi connectivity index (χ3v) is 2.44. The summed E-state index contributed by atoms with van der Waals surface area (Å²) in [5, 5.41) is 0. The van der Waals surface area contributed by atoms with Crippen LogP contribution in [-0.4, -0.2) is 19.4 Å². The number of hydrogen-bond donors (Lipinski definition) is 0. The first kappa shape index (κ1) is 12.2. The van der Waals surface area contributed by atoms with E-state index < -0.39 is 0 Å². The van der Waals surface area contributed by atoms with E-state index in [1.165, 1.54) is 0 Å². The number of aryl methyl sites for hydroxylation is 1. The Kier molecular flexibility index (Phi) is 4.52. The summed E-state index contributed by atoms with van der Waals surface area (Å²) in [5.41, 5.74) is 2.81. The lowest BCUT2D eigenvalue weighted by molar-refractivity contribution is 0.112. The van der Waals surface area contributed by atoms with Crippen molar-refractivity contribution in [1.29, 1.82) is 0 Å². The average molecular weight is 215 g/mol. The van der Waals surface area contributed by atoms with Crippen LogP contribution in [0.4, 0.5) is 5.69 Å². The third-order valence-electron chi connectivity index (χ3n) is 2.44. The number of aldehydes is 1. The molecule has 0 aromatic heterocycles. The van der Waals surface area contributed by atoms with Crippen molar-refractivity contribution >= 4 is 12.0 Å². The van der Waals surface area contributed by atoms with Crippen LogP contribution in [0.15, 0.2) is 43.5 Å². The SMILES string of the molecule is C=CCN(CC=C)c1ccc(C=O)c(C)c1. The van der Waals surface area contributed by atoms with Gasteiger partial charge in [-0.15, -0.1) is 13.2 Å². The smallest absolute Gasteiger partial charge is 0.150 e. The summed E-state index contributed by atoms with van der Waals surface area (Å²) >= 11 is 0. The minimum absolute atomic E-state index is 0.737. The van der Waals surface area contributed by atoms with E-state index >= 15 is 0 Å². The summed E-state index contributed by atoms with van der Waals surface area (Å²) in [5.74, 6) is 0. The van der Waals surface area contributed by atoms with Gasteiger partial charge in [0.05, 0.1) is 0 Å². The first-order chi connectivity index (χ1) is 7.72. The average Bonchev–Trinajstić information content (AvgIpc) is 2.28. The Morgan fingerprint density at radius 2 is 1.88 bits per heavy atom. The van der Waals surface area contributed by atoms with Crippen LogP contribution in [-0.2, 0) is 0 Å². The maximum Gasteiger partial charge on any atom is 0.150 e. The van der Waals surface area contributed by atoms with E-state index in [2.05, 4.69) is 18.1 Å². The van der Waals surface area contributed by atoms with Crippen LogP contribution in [0.5, 0.6) is 0 Å². The molecule has 0 saturated carbocycles. The first-order valence-electron chi connectivity index (χ1n) is 5.25. The monoisotopic (exact) mass is 215 g/mol. The van der Waals surface area contributed by atoms with Gasteiger partial charge >= 0.3 is 0 Å². The Balaban J connectivity index is 3.00. The van der Waals surface area contributed by atoms with Crippen LogP contribution < -0.4 is 4.90 Å². The molecule has 0 bridgehead atoms. The summed E-state index contributed by atoms with van der Waals surface area (Å²) in [4.78, 5) is 12.9. The molecule has 0 saturated heterocycles. The summed E-state index contributed by atoms with van der Waals surface area (Å²) < 4.78 is 0. The van der Waals surface area contributed by atoms with Crippen molar-refractivity contribution in [3.63, 3.8) is 0 Å². The minimum Gasteiger partial charge on any atom is -0.364 e. The zero-order valence-corrected chi connectivity index (χ0v) is 9.65. The van der Waals surface area contributed by atoms with Crippen molar-refractivity contribution in [1.82, 2.24) is 0 Å². The standard InChI is InChI=1S/C14H17NO/c1-4-8-15(9-5-2)14-7-6-13(11-16)12(3)10-14/h4-7,10-11H,1-2,8-9H2,3H3. The predicted molar refractivity (Wildman–Crippen MR) is 69.2 cm³/mol. The molecule has 0 N–H and O–H groups in total. The summed E-state index contributed by atoms with van der Waals surface area (Å²) in [7, 11) is 0. The van der Waals surface area contributed by atoms with Crippen molar-refractivity contribution in [2.24, 2.45) is 0 Å². The van der Waals surface area contributed by atoms with Crippen LogP contribution >= 0.6 is 0 Å². The van der Waals surface area contributed by atoms with E-state index in [1.807, 2.05) is 37.3 Å². The largest absolute Gasteiger partial charge is 0.364 e. The number of benzene rings is 1. The van der Waals surface area contributed by atoms with Crippen LogP contribution in [0, 0.1) is 6.92 Å². The molecule has 0 atom stereocenters. The van der Waals surface area contributed by atoms with Gasteiger partial charge < -0.3 is 4.90 Å². The van der Waals surface area contributed by atoms with Gasteiger partial charge in [0.1, 0.15) is 6.29 Å². The molecule has 0 spiro atoms. The molecule has 0 aliphatic carbocycles. The van der Waals surface area contributed by atoms with E-state index in [4.69, 9.17) is 0 Å². The van der Waals surface area contributed by atoms with Gasteiger partial charge in [0, 0.05) is 24.3 Å². The Morgan fingerprint density at radius 3 is 2.31 bits per heavy atom. The molecule has 1 aromatic rings. The molecule has 0 aliphatic rings. The minimum atomic E-state index is 0.737. The summed E-state index contributed by atoms with van der Waals surface area (Å²) in [6.45, 7) is 10.9. The van der Waals surface area contributed by atoms with Gasteiger partial charge in [-0.3, -0.25) is 4.79 Å². The van der Waals surface area contributed by atoms with E-state index in [1.54, 1.807) is 0 Å². The van der Waals surface area contributed by atoms with Crippen molar-refractivity contribution in [2.75, 3.05) is 18.0 Å². The molecule has 0 fully saturated rings. The fourth-order valence-corrected chi connectivity index (χ4v) is 1.59. The second-order valence-corrected chi connectivity index (χ2v) is 3.64. The van der Waals surface area contributed by atoms with Gasteiger partial charge in [-0.1, -0.05) is 12.2 Å². The topological polar surface area (TPSA) is 20.3 Å². The van der Waals surface area contributed by atoms with E-state index in [0.29, 0.717) is 0 Å². The first-order valence-corrected chi connectivity index (χ1v) is 5.25. The van der Waals surface area contributed by atoms with Crippen LogP contribution in [0.25, 0.3) is 0 Å². The predicted octanol–water partition coefficient (Wildman–Crippen LogP) is 2.99. The maximum atomic E-state index is 10.7. The molecular formula is C14H17NO. The molecule has 0 aliphatic heterocycles. The normalized spacial score (nSPS) is 9.56. The van der Waals surface area contributed by atoms with Gasteiger partial charge in [-0.25, -0.2) is 0 Å². The van der Waals surface area contributed by atoms with Crippen molar-refractivity contribution < 1.29 is 4.79 Å². The molecule has 1 rings (SSSR count). The number of anilines is 1. The molecular weight excluding hydrogens is 198 g/mol. The molecule has 2 heteroatoms. The molecule has 16 heavy (non-hydrogen) atoms. The number of hydrogen-bond acceptors (Lipinski definition) is 2. The van der Waals surface area contributed by atoms with E-state index in [9.17, 15) is 4.79 Å². The molecule has 1 aromatic carbocycles. The highest BCUT2D eigenvalue weighted by molar-refractivity contribution is 5.78. The van der Waals surface area contributed by atoms with Gasteiger partial charge in [0.15, 0.2) is 0 Å². The molecule has 84 valence electrons. The van der Waals surface area contributed by atoms with Crippen molar-refractivity contribution in [3.8, 4) is 0 Å². The van der Waals surface area contributed by atoms with Gasteiger partial charge in [-0.2, -0.15) is 0 Å². The fourth-order valence-electron chi connectivity index (χ4n) is 1.59. The lowest BCUT2D eigenvalue weighted by atomic mass is 10.1. The van der Waals surface area contributed by atoms with Crippen LogP contribution in [0.2, 0.25) is 0 Å². The second-order valence-electron chi connectivity index (χ2n) is 3.64. The Labute approximate surface area is 96.9 Å². The highest BCUT2D eigenvalue weighted by Gasteiger charge is 2.04. The zero-order chi connectivity index (χ0) is 12.0.